The summed E-state index contributed by atoms with van der Waals surface area (Å²) in [7, 11) is 1.59. The van der Waals surface area contributed by atoms with E-state index in [-0.39, 0.29) is 17.9 Å². The molecular formula is C15H24N4O2. The van der Waals surface area contributed by atoms with Gasteiger partial charge in [-0.2, -0.15) is 4.98 Å². The molecule has 21 heavy (non-hydrogen) atoms. The summed E-state index contributed by atoms with van der Waals surface area (Å²) < 4.78 is 5.12. The first kappa shape index (κ1) is 15.5. The molecule has 1 aliphatic heterocycles. The SMILES string of the molecule is CC[C@@H](C)NC(=O)C1CCN(c2nccc(OC)n2)CC1. The van der Waals surface area contributed by atoms with Crippen LogP contribution in [0.25, 0.3) is 0 Å². The lowest BCUT2D eigenvalue weighted by atomic mass is 9.95. The molecule has 1 fully saturated rings. The van der Waals surface area contributed by atoms with Gasteiger partial charge in [0.05, 0.1) is 7.11 Å². The Morgan fingerprint density at radius 3 is 2.86 bits per heavy atom. The fourth-order valence-electron chi connectivity index (χ4n) is 2.40. The first-order chi connectivity index (χ1) is 10.1. The fourth-order valence-corrected chi connectivity index (χ4v) is 2.40. The number of carbonyl (C=O) groups excluding carboxylic acids is 1. The zero-order chi connectivity index (χ0) is 15.2. The van der Waals surface area contributed by atoms with Gasteiger partial charge in [-0.3, -0.25) is 4.79 Å². The van der Waals surface area contributed by atoms with Gasteiger partial charge >= 0.3 is 0 Å². The van der Waals surface area contributed by atoms with E-state index in [0.29, 0.717) is 11.8 Å². The monoisotopic (exact) mass is 292 g/mol. The van der Waals surface area contributed by atoms with Crippen molar-refractivity contribution in [2.24, 2.45) is 5.92 Å². The molecule has 2 rings (SSSR count). The molecule has 0 bridgehead atoms. The molecule has 6 heteroatoms. The van der Waals surface area contributed by atoms with Crippen molar-refractivity contribution < 1.29 is 9.53 Å². The Kier molecular flexibility index (Phi) is 5.36. The summed E-state index contributed by atoms with van der Waals surface area (Å²) in [5.74, 6) is 1.52. The Bertz CT molecular complexity index is 472. The second-order valence-corrected chi connectivity index (χ2v) is 5.48. The molecule has 0 radical (unpaired) electrons. The summed E-state index contributed by atoms with van der Waals surface area (Å²) in [5, 5.41) is 3.06. The molecule has 1 amide bonds. The topological polar surface area (TPSA) is 67.4 Å². The number of hydrogen-bond acceptors (Lipinski definition) is 5. The number of nitrogens with zero attached hydrogens (tertiary/aromatic N) is 3. The molecule has 1 N–H and O–H groups in total. The van der Waals surface area contributed by atoms with Crippen molar-refractivity contribution in [1.82, 2.24) is 15.3 Å². The van der Waals surface area contributed by atoms with Crippen LogP contribution in [0.4, 0.5) is 5.95 Å². The van der Waals surface area contributed by atoms with Crippen molar-refractivity contribution >= 4 is 11.9 Å². The second-order valence-electron chi connectivity index (χ2n) is 5.48. The van der Waals surface area contributed by atoms with Gasteiger partial charge < -0.3 is 15.0 Å². The van der Waals surface area contributed by atoms with Gasteiger partial charge in [0.15, 0.2) is 0 Å². The molecule has 116 valence electrons. The van der Waals surface area contributed by atoms with Crippen LogP contribution in [0.3, 0.4) is 0 Å². The number of methoxy groups -OCH3 is 1. The predicted molar refractivity (Wildman–Crippen MR) is 81.4 cm³/mol. The molecule has 1 aliphatic rings. The quantitative estimate of drug-likeness (QED) is 0.893. The Morgan fingerprint density at radius 2 is 2.24 bits per heavy atom. The highest BCUT2D eigenvalue weighted by Crippen LogP contribution is 2.22. The maximum absolute atomic E-state index is 12.1. The number of anilines is 1. The molecule has 1 aromatic rings. The first-order valence-electron chi connectivity index (χ1n) is 7.56. The molecule has 1 atom stereocenters. The van der Waals surface area contributed by atoms with E-state index in [0.717, 1.165) is 32.4 Å². The Balaban J connectivity index is 1.89. The summed E-state index contributed by atoms with van der Waals surface area (Å²) in [4.78, 5) is 22.9. The van der Waals surface area contributed by atoms with Gasteiger partial charge in [0.25, 0.3) is 0 Å². The van der Waals surface area contributed by atoms with E-state index in [2.05, 4.69) is 27.1 Å². The first-order valence-corrected chi connectivity index (χ1v) is 7.56. The van der Waals surface area contributed by atoms with E-state index in [4.69, 9.17) is 4.74 Å². The number of amides is 1. The normalized spacial score (nSPS) is 17.4. The largest absolute Gasteiger partial charge is 0.481 e. The van der Waals surface area contributed by atoms with Crippen LogP contribution in [0.15, 0.2) is 12.3 Å². The van der Waals surface area contributed by atoms with E-state index < -0.39 is 0 Å². The molecule has 2 heterocycles. The van der Waals surface area contributed by atoms with Crippen LogP contribution in [-0.4, -0.2) is 42.1 Å². The van der Waals surface area contributed by atoms with Gasteiger partial charge in [0.1, 0.15) is 0 Å². The van der Waals surface area contributed by atoms with Crippen LogP contribution >= 0.6 is 0 Å². The number of aromatic nitrogens is 2. The summed E-state index contributed by atoms with van der Waals surface area (Å²) in [5.41, 5.74) is 0. The van der Waals surface area contributed by atoms with Crippen molar-refractivity contribution in [3.63, 3.8) is 0 Å². The van der Waals surface area contributed by atoms with Gasteiger partial charge in [-0.25, -0.2) is 4.98 Å². The van der Waals surface area contributed by atoms with Crippen LogP contribution in [-0.2, 0) is 4.79 Å². The molecule has 0 aromatic carbocycles. The van der Waals surface area contributed by atoms with E-state index in [9.17, 15) is 4.79 Å². The van der Waals surface area contributed by atoms with Gasteiger partial charge in [-0.05, 0) is 26.2 Å². The highest BCUT2D eigenvalue weighted by atomic mass is 16.5. The molecule has 6 nitrogen and oxygen atoms in total. The molecule has 0 spiro atoms. The second kappa shape index (κ2) is 7.24. The minimum atomic E-state index is 0.0980. The van der Waals surface area contributed by atoms with Crippen LogP contribution in [0, 0.1) is 5.92 Å². The lowest BCUT2D eigenvalue weighted by molar-refractivity contribution is -0.126. The standard InChI is InChI=1S/C15H24N4O2/c1-4-11(2)17-14(20)12-6-9-19(10-7-12)15-16-8-5-13(18-15)21-3/h5,8,11-12H,4,6-7,9-10H2,1-3H3,(H,17,20)/t11-/m1/s1. The van der Waals surface area contributed by atoms with Crippen molar-refractivity contribution in [2.45, 2.75) is 39.2 Å². The lowest BCUT2D eigenvalue weighted by Crippen LogP contribution is -2.43. The number of piperidine rings is 1. The smallest absolute Gasteiger partial charge is 0.228 e. The van der Waals surface area contributed by atoms with Crippen molar-refractivity contribution in [3.8, 4) is 5.88 Å². The van der Waals surface area contributed by atoms with Crippen LogP contribution in [0.2, 0.25) is 0 Å². The zero-order valence-electron chi connectivity index (χ0n) is 13.0. The van der Waals surface area contributed by atoms with Crippen molar-refractivity contribution in [1.29, 1.82) is 0 Å². The summed E-state index contributed by atoms with van der Waals surface area (Å²) >= 11 is 0. The maximum Gasteiger partial charge on any atom is 0.228 e. The van der Waals surface area contributed by atoms with E-state index in [1.165, 1.54) is 0 Å². The van der Waals surface area contributed by atoms with E-state index in [1.807, 2.05) is 6.92 Å². The Morgan fingerprint density at radius 1 is 1.52 bits per heavy atom. The molecule has 0 aliphatic carbocycles. The van der Waals surface area contributed by atoms with Crippen LogP contribution in [0.1, 0.15) is 33.1 Å². The maximum atomic E-state index is 12.1. The third-order valence-electron chi connectivity index (χ3n) is 3.98. The molecule has 0 unspecified atom stereocenters. The lowest BCUT2D eigenvalue weighted by Gasteiger charge is -2.31. The molecule has 1 aromatic heterocycles. The average molecular weight is 292 g/mol. The van der Waals surface area contributed by atoms with Gasteiger partial charge in [-0.1, -0.05) is 6.92 Å². The van der Waals surface area contributed by atoms with Crippen LogP contribution < -0.4 is 15.0 Å². The predicted octanol–water partition coefficient (Wildman–Crippen LogP) is 1.62. The van der Waals surface area contributed by atoms with Crippen molar-refractivity contribution in [3.05, 3.63) is 12.3 Å². The minimum absolute atomic E-state index is 0.0980. The fraction of sp³-hybridized carbons (Fsp3) is 0.667. The Hall–Kier alpha value is -1.85. The third-order valence-corrected chi connectivity index (χ3v) is 3.98. The summed E-state index contributed by atoms with van der Waals surface area (Å²) in [6, 6.07) is 1.98. The molecule has 0 saturated carbocycles. The number of carbonyl (C=O) groups is 1. The summed E-state index contributed by atoms with van der Waals surface area (Å²) in [6.07, 6.45) is 4.33. The number of hydrogen-bond donors (Lipinski definition) is 1. The highest BCUT2D eigenvalue weighted by molar-refractivity contribution is 5.79. The van der Waals surface area contributed by atoms with E-state index in [1.54, 1.807) is 19.4 Å². The number of ether oxygens (including phenoxy) is 1. The summed E-state index contributed by atoms with van der Waals surface area (Å²) in [6.45, 7) is 5.71. The Labute approximate surface area is 125 Å². The number of nitrogens with one attached hydrogen (secondary N) is 1. The minimum Gasteiger partial charge on any atom is -0.481 e. The van der Waals surface area contributed by atoms with Gasteiger partial charge in [0, 0.05) is 37.3 Å². The average Bonchev–Trinajstić information content (AvgIpc) is 2.54. The van der Waals surface area contributed by atoms with Gasteiger partial charge in [0.2, 0.25) is 17.7 Å². The zero-order valence-corrected chi connectivity index (χ0v) is 13.0. The van der Waals surface area contributed by atoms with Crippen molar-refractivity contribution in [2.75, 3.05) is 25.1 Å². The highest BCUT2D eigenvalue weighted by Gasteiger charge is 2.26. The van der Waals surface area contributed by atoms with E-state index >= 15 is 0 Å². The van der Waals surface area contributed by atoms with Crippen LogP contribution in [0.5, 0.6) is 5.88 Å². The molecular weight excluding hydrogens is 268 g/mol. The number of rotatable bonds is 5. The third kappa shape index (κ3) is 4.06. The molecule has 1 saturated heterocycles. The van der Waals surface area contributed by atoms with Gasteiger partial charge in [-0.15, -0.1) is 0 Å².